The van der Waals surface area contributed by atoms with Crippen molar-refractivity contribution in [3.8, 4) is 11.1 Å². The third kappa shape index (κ3) is 2.20. The molecule has 0 nitrogen and oxygen atoms in total. The van der Waals surface area contributed by atoms with Crippen LogP contribution in [0.15, 0.2) is 36.4 Å². The van der Waals surface area contributed by atoms with Crippen molar-refractivity contribution in [1.29, 1.82) is 0 Å². The maximum absolute atomic E-state index is 6.14. The number of benzene rings is 2. The zero-order valence-electron chi connectivity index (χ0n) is 8.60. The summed E-state index contributed by atoms with van der Waals surface area (Å²) in [5.74, 6) is 0. The van der Waals surface area contributed by atoms with E-state index < -0.39 is 0 Å². The van der Waals surface area contributed by atoms with Crippen molar-refractivity contribution < 1.29 is 0 Å². The number of rotatable bonds is 1. The van der Waals surface area contributed by atoms with Crippen LogP contribution in [0.1, 0.15) is 5.56 Å². The van der Waals surface area contributed by atoms with Gasteiger partial charge in [-0.1, -0.05) is 46.9 Å². The second-order valence-electron chi connectivity index (χ2n) is 3.56. The molecule has 2 rings (SSSR count). The van der Waals surface area contributed by atoms with Crippen LogP contribution < -0.4 is 0 Å². The molecule has 0 aliphatic heterocycles. The zero-order chi connectivity index (χ0) is 11.7. The molecule has 0 aliphatic carbocycles. The first kappa shape index (κ1) is 11.8. The summed E-state index contributed by atoms with van der Waals surface area (Å²) in [7, 11) is 0. The molecule has 0 atom stereocenters. The minimum absolute atomic E-state index is 0.647. The van der Waals surface area contributed by atoms with Crippen LogP contribution >= 0.6 is 34.8 Å². The van der Waals surface area contributed by atoms with Gasteiger partial charge in [0.15, 0.2) is 0 Å². The lowest BCUT2D eigenvalue weighted by atomic mass is 10.0. The van der Waals surface area contributed by atoms with E-state index in [4.69, 9.17) is 34.8 Å². The minimum Gasteiger partial charge on any atom is -0.0841 e. The highest BCUT2D eigenvalue weighted by Crippen LogP contribution is 2.35. The first-order valence-electron chi connectivity index (χ1n) is 4.80. The second kappa shape index (κ2) is 4.67. The van der Waals surface area contributed by atoms with Crippen LogP contribution in [0, 0.1) is 6.92 Å². The Kier molecular flexibility index (Phi) is 3.44. The Morgan fingerprint density at radius 2 is 1.44 bits per heavy atom. The van der Waals surface area contributed by atoms with E-state index in [2.05, 4.69) is 0 Å². The summed E-state index contributed by atoms with van der Waals surface area (Å²) in [6.45, 7) is 1.95. The Morgan fingerprint density at radius 3 is 2.00 bits per heavy atom. The van der Waals surface area contributed by atoms with Gasteiger partial charge in [-0.05, 0) is 42.3 Å². The van der Waals surface area contributed by atoms with E-state index in [-0.39, 0.29) is 0 Å². The fourth-order valence-electron chi connectivity index (χ4n) is 1.57. The molecule has 2 aromatic carbocycles. The van der Waals surface area contributed by atoms with E-state index in [1.807, 2.05) is 43.3 Å². The van der Waals surface area contributed by atoms with Crippen LogP contribution in [0.3, 0.4) is 0 Å². The first-order chi connectivity index (χ1) is 7.59. The van der Waals surface area contributed by atoms with Gasteiger partial charge in [-0.25, -0.2) is 0 Å². The Bertz CT molecular complexity index is 512. The highest BCUT2D eigenvalue weighted by molar-refractivity contribution is 6.39. The summed E-state index contributed by atoms with van der Waals surface area (Å²) < 4.78 is 0. The van der Waals surface area contributed by atoms with Crippen molar-refractivity contribution in [3.63, 3.8) is 0 Å². The lowest BCUT2D eigenvalue weighted by molar-refractivity contribution is 1.46. The van der Waals surface area contributed by atoms with Gasteiger partial charge < -0.3 is 0 Å². The van der Waals surface area contributed by atoms with Crippen molar-refractivity contribution >= 4 is 34.8 Å². The number of hydrogen-bond donors (Lipinski definition) is 0. The lowest BCUT2D eigenvalue weighted by Gasteiger charge is -2.08. The maximum atomic E-state index is 6.14. The average molecular weight is 272 g/mol. The van der Waals surface area contributed by atoms with Crippen molar-refractivity contribution in [2.45, 2.75) is 6.92 Å². The standard InChI is InChI=1S/C13H9Cl3/c1-8-7-9(5-6-10(8)14)13-11(15)3-2-4-12(13)16/h2-7H,1H3. The molecule has 0 amide bonds. The third-order valence-electron chi connectivity index (χ3n) is 2.41. The molecule has 0 saturated heterocycles. The highest BCUT2D eigenvalue weighted by atomic mass is 35.5. The lowest BCUT2D eigenvalue weighted by Crippen LogP contribution is -1.83. The maximum Gasteiger partial charge on any atom is 0.0499 e. The Morgan fingerprint density at radius 1 is 0.812 bits per heavy atom. The summed E-state index contributed by atoms with van der Waals surface area (Å²) in [5.41, 5.74) is 2.85. The van der Waals surface area contributed by atoms with Gasteiger partial charge in [0.25, 0.3) is 0 Å². The van der Waals surface area contributed by atoms with Crippen LogP contribution in [0.2, 0.25) is 15.1 Å². The van der Waals surface area contributed by atoms with E-state index in [1.54, 1.807) is 0 Å². The molecule has 0 radical (unpaired) electrons. The van der Waals surface area contributed by atoms with E-state index in [0.29, 0.717) is 10.0 Å². The largest absolute Gasteiger partial charge is 0.0841 e. The summed E-state index contributed by atoms with van der Waals surface area (Å²) in [4.78, 5) is 0. The quantitative estimate of drug-likeness (QED) is 0.631. The molecule has 16 heavy (non-hydrogen) atoms. The molecule has 0 fully saturated rings. The molecule has 0 heterocycles. The highest BCUT2D eigenvalue weighted by Gasteiger charge is 2.08. The summed E-state index contributed by atoms with van der Waals surface area (Å²) >= 11 is 18.3. The second-order valence-corrected chi connectivity index (χ2v) is 4.78. The van der Waals surface area contributed by atoms with Gasteiger partial charge in [0.1, 0.15) is 0 Å². The number of aryl methyl sites for hydroxylation is 1. The van der Waals surface area contributed by atoms with Crippen molar-refractivity contribution in [2.75, 3.05) is 0 Å². The van der Waals surface area contributed by atoms with Crippen LogP contribution in [0.25, 0.3) is 11.1 Å². The van der Waals surface area contributed by atoms with E-state index in [1.165, 1.54) is 0 Å². The molecule has 0 aromatic heterocycles. The van der Waals surface area contributed by atoms with Gasteiger partial charge in [0.05, 0.1) is 0 Å². The molecule has 3 heteroatoms. The SMILES string of the molecule is Cc1cc(-c2c(Cl)cccc2Cl)ccc1Cl. The van der Waals surface area contributed by atoms with Gasteiger partial charge in [-0.15, -0.1) is 0 Å². The molecular weight excluding hydrogens is 263 g/mol. The molecule has 2 aromatic rings. The number of halogens is 3. The van der Waals surface area contributed by atoms with Gasteiger partial charge in [-0.3, -0.25) is 0 Å². The van der Waals surface area contributed by atoms with Gasteiger partial charge >= 0.3 is 0 Å². The molecule has 0 saturated carbocycles. The Balaban J connectivity index is 2.63. The van der Waals surface area contributed by atoms with Crippen LogP contribution in [-0.4, -0.2) is 0 Å². The fourth-order valence-corrected chi connectivity index (χ4v) is 2.31. The fraction of sp³-hybridized carbons (Fsp3) is 0.0769. The minimum atomic E-state index is 0.647. The first-order valence-corrected chi connectivity index (χ1v) is 5.93. The predicted molar refractivity (Wildman–Crippen MR) is 71.6 cm³/mol. The molecule has 82 valence electrons. The summed E-state index contributed by atoms with van der Waals surface area (Å²) in [5, 5.41) is 2.04. The average Bonchev–Trinajstić information content (AvgIpc) is 2.23. The van der Waals surface area contributed by atoms with Crippen LogP contribution in [0.4, 0.5) is 0 Å². The van der Waals surface area contributed by atoms with E-state index >= 15 is 0 Å². The van der Waals surface area contributed by atoms with Crippen LogP contribution in [0.5, 0.6) is 0 Å². The topological polar surface area (TPSA) is 0 Å². The predicted octanol–water partition coefficient (Wildman–Crippen LogP) is 5.62. The Labute approximate surface area is 110 Å². The van der Waals surface area contributed by atoms with Gasteiger partial charge in [0, 0.05) is 20.6 Å². The Hall–Kier alpha value is -0.690. The number of hydrogen-bond acceptors (Lipinski definition) is 0. The molecule has 0 bridgehead atoms. The molecule has 0 unspecified atom stereocenters. The third-order valence-corrected chi connectivity index (χ3v) is 3.46. The summed E-state index contributed by atoms with van der Waals surface area (Å²) in [6.07, 6.45) is 0. The van der Waals surface area contributed by atoms with E-state index in [0.717, 1.165) is 21.7 Å². The van der Waals surface area contributed by atoms with Crippen molar-refractivity contribution in [1.82, 2.24) is 0 Å². The molecule has 0 spiro atoms. The van der Waals surface area contributed by atoms with Crippen LogP contribution in [-0.2, 0) is 0 Å². The monoisotopic (exact) mass is 270 g/mol. The molecule has 0 N–H and O–H groups in total. The van der Waals surface area contributed by atoms with E-state index in [9.17, 15) is 0 Å². The van der Waals surface area contributed by atoms with Gasteiger partial charge in [-0.2, -0.15) is 0 Å². The zero-order valence-corrected chi connectivity index (χ0v) is 10.9. The van der Waals surface area contributed by atoms with Crippen molar-refractivity contribution in [2.24, 2.45) is 0 Å². The summed E-state index contributed by atoms with van der Waals surface area (Å²) in [6, 6.07) is 11.2. The van der Waals surface area contributed by atoms with Crippen molar-refractivity contribution in [3.05, 3.63) is 57.0 Å². The smallest absolute Gasteiger partial charge is 0.0499 e. The molecule has 0 aliphatic rings. The molecular formula is C13H9Cl3. The van der Waals surface area contributed by atoms with Gasteiger partial charge in [0.2, 0.25) is 0 Å². The normalized spacial score (nSPS) is 10.5.